The molecule has 7 bridgehead atoms. The molecule has 7 aliphatic rings. The smallest absolute Gasteiger partial charge is 0.166 e. The lowest BCUT2D eigenvalue weighted by Crippen LogP contribution is -2.70. The number of nitrogens with zero attached hydrogens (tertiary/aromatic N) is 1. The first-order chi connectivity index (χ1) is 16.5. The molecular formula is C30H47NO4. The summed E-state index contributed by atoms with van der Waals surface area (Å²) in [4.78, 5) is 16.9. The van der Waals surface area contributed by atoms with Gasteiger partial charge in [-0.25, -0.2) is 0 Å². The maximum absolute atomic E-state index is 14.1. The highest BCUT2D eigenvalue weighted by atomic mass is 16.7. The van der Waals surface area contributed by atoms with Crippen LogP contribution in [0.5, 0.6) is 0 Å². The van der Waals surface area contributed by atoms with E-state index in [0.29, 0.717) is 48.5 Å². The quantitative estimate of drug-likeness (QED) is 0.598. The van der Waals surface area contributed by atoms with E-state index in [0.717, 1.165) is 32.1 Å². The molecule has 5 heterocycles. The summed E-state index contributed by atoms with van der Waals surface area (Å²) in [5, 5.41) is 11.7. The van der Waals surface area contributed by atoms with Crippen LogP contribution in [0.4, 0.5) is 0 Å². The van der Waals surface area contributed by atoms with Crippen LogP contribution in [-0.4, -0.2) is 58.5 Å². The van der Waals surface area contributed by atoms with Crippen LogP contribution in [0.2, 0.25) is 0 Å². The van der Waals surface area contributed by atoms with Gasteiger partial charge in [-0.3, -0.25) is 9.69 Å². The molecule has 0 aromatic heterocycles. The number of fused-ring (bicyclic) bond motifs is 4. The summed E-state index contributed by atoms with van der Waals surface area (Å²) in [6.45, 7) is 13.2. The Morgan fingerprint density at radius 3 is 2.69 bits per heavy atom. The van der Waals surface area contributed by atoms with E-state index >= 15 is 0 Å². The number of carbonyl (C=O) groups is 1. The Morgan fingerprint density at radius 1 is 1.11 bits per heavy atom. The average molecular weight is 486 g/mol. The molecule has 2 saturated carbocycles. The first kappa shape index (κ1) is 23.6. The average Bonchev–Trinajstić information content (AvgIpc) is 3.44. The molecule has 0 aromatic rings. The van der Waals surface area contributed by atoms with Crippen LogP contribution in [0.25, 0.3) is 0 Å². The zero-order valence-electron chi connectivity index (χ0n) is 22.6. The molecule has 7 fully saturated rings. The fourth-order valence-electron chi connectivity index (χ4n) is 11.6. The minimum absolute atomic E-state index is 0.00740. The highest BCUT2D eigenvalue weighted by Crippen LogP contribution is 2.79. The fraction of sp³-hybridized carbons (Fsp3) is 0.967. The molecule has 0 radical (unpaired) electrons. The molecule has 196 valence electrons. The Hall–Kier alpha value is -0.490. The number of hydrogen-bond acceptors (Lipinski definition) is 5. The molecule has 12 atom stereocenters. The number of aliphatic hydroxyl groups excluding tert-OH is 1. The van der Waals surface area contributed by atoms with Crippen molar-refractivity contribution in [3.63, 3.8) is 0 Å². The number of rotatable bonds is 5. The van der Waals surface area contributed by atoms with Crippen molar-refractivity contribution >= 4 is 5.78 Å². The first-order valence-electron chi connectivity index (χ1n) is 14.8. The van der Waals surface area contributed by atoms with E-state index in [2.05, 4.69) is 32.6 Å². The number of ketones is 1. The lowest BCUT2D eigenvalue weighted by Gasteiger charge is -2.67. The summed E-state index contributed by atoms with van der Waals surface area (Å²) >= 11 is 0. The van der Waals surface area contributed by atoms with E-state index in [1.54, 1.807) is 0 Å². The molecule has 1 spiro atoms. The second-order valence-electron chi connectivity index (χ2n) is 14.8. The van der Waals surface area contributed by atoms with Gasteiger partial charge < -0.3 is 14.6 Å². The van der Waals surface area contributed by atoms with Gasteiger partial charge >= 0.3 is 0 Å². The molecular weight excluding hydrogens is 438 g/mol. The zero-order chi connectivity index (χ0) is 24.6. The Bertz CT molecular complexity index is 937. The molecule has 2 unspecified atom stereocenters. The predicted octanol–water partition coefficient (Wildman–Crippen LogP) is 4.94. The molecule has 0 aromatic carbocycles. The molecule has 35 heavy (non-hydrogen) atoms. The van der Waals surface area contributed by atoms with Crippen molar-refractivity contribution in [2.24, 2.45) is 39.9 Å². The summed E-state index contributed by atoms with van der Waals surface area (Å²) in [5.41, 5.74) is -0.198. The van der Waals surface area contributed by atoms with Gasteiger partial charge in [0, 0.05) is 25.4 Å². The Kier molecular flexibility index (Phi) is 4.81. The van der Waals surface area contributed by atoms with E-state index in [4.69, 9.17) is 9.47 Å². The van der Waals surface area contributed by atoms with E-state index in [-0.39, 0.29) is 28.6 Å². The number of hydrogen-bond donors (Lipinski definition) is 1. The lowest BCUT2D eigenvalue weighted by molar-refractivity contribution is -0.282. The Morgan fingerprint density at radius 2 is 1.91 bits per heavy atom. The minimum atomic E-state index is -0.529. The van der Waals surface area contributed by atoms with Crippen molar-refractivity contribution in [2.45, 2.75) is 128 Å². The SMILES string of the molecule is CC(C)[C@H]1CC[C@@]2(C)[C@@H]3C[C@@H](O)[C@]45CCC[C@H]4[C@@]2(CCC(=O)[C@]2(C)CO[C@]4(C)CCC2O4)[C@@H]1N5C3. The molecule has 5 heteroatoms. The highest BCUT2D eigenvalue weighted by Gasteiger charge is 2.81. The third-order valence-electron chi connectivity index (χ3n) is 13.5. The van der Waals surface area contributed by atoms with Gasteiger partial charge in [0.1, 0.15) is 5.78 Å². The van der Waals surface area contributed by atoms with Crippen LogP contribution < -0.4 is 0 Å². The van der Waals surface area contributed by atoms with Crippen LogP contribution in [0.15, 0.2) is 0 Å². The van der Waals surface area contributed by atoms with Crippen LogP contribution in [0, 0.1) is 39.9 Å². The Balaban J connectivity index is 1.27. The third kappa shape index (κ3) is 2.58. The zero-order valence-corrected chi connectivity index (χ0v) is 22.6. The standard InChI is InChI=1S/C30H47NO4/c1-18(2)20-8-12-27(4)19-15-23(33)30-11-6-7-21(30)29(27,25(20)31(30)16-19)14-9-22(32)26(3)17-34-28(5)13-10-24(26)35-28/h18-21,23-25,33H,6-17H2,1-5H3/t19-,20-,21+,23-,24?,25-,26+,27+,28+,29+,30+/m1/s1. The maximum atomic E-state index is 14.1. The normalized spacial score (nSPS) is 59.8. The summed E-state index contributed by atoms with van der Waals surface area (Å²) in [6.07, 6.45) is 10.4. The molecule has 0 amide bonds. The van der Waals surface area contributed by atoms with Crippen LogP contribution >= 0.6 is 0 Å². The molecule has 5 aliphatic heterocycles. The van der Waals surface area contributed by atoms with Gasteiger partial charge in [0.2, 0.25) is 0 Å². The van der Waals surface area contributed by atoms with Crippen LogP contribution in [-0.2, 0) is 14.3 Å². The van der Waals surface area contributed by atoms with Crippen LogP contribution in [0.3, 0.4) is 0 Å². The van der Waals surface area contributed by atoms with Crippen LogP contribution in [0.1, 0.15) is 98.8 Å². The summed E-state index contributed by atoms with van der Waals surface area (Å²) in [5.74, 6) is 2.26. The number of Topliss-reactive ketones (excluding diaryl/α,β-unsaturated/α-hetero) is 1. The monoisotopic (exact) mass is 485 g/mol. The van der Waals surface area contributed by atoms with Gasteiger partial charge in [0.25, 0.3) is 0 Å². The molecule has 7 rings (SSSR count). The van der Waals surface area contributed by atoms with Gasteiger partial charge in [-0.2, -0.15) is 0 Å². The van der Waals surface area contributed by atoms with Gasteiger partial charge in [-0.05, 0) is 93.3 Å². The van der Waals surface area contributed by atoms with Crippen molar-refractivity contribution < 1.29 is 19.4 Å². The van der Waals surface area contributed by atoms with E-state index in [1.165, 1.54) is 32.2 Å². The predicted molar refractivity (Wildman–Crippen MR) is 134 cm³/mol. The molecule has 2 aliphatic carbocycles. The second kappa shape index (κ2) is 7.12. The van der Waals surface area contributed by atoms with E-state index < -0.39 is 11.2 Å². The summed E-state index contributed by atoms with van der Waals surface area (Å²) < 4.78 is 12.4. The molecule has 5 nitrogen and oxygen atoms in total. The van der Waals surface area contributed by atoms with Gasteiger partial charge in [0.05, 0.1) is 29.8 Å². The van der Waals surface area contributed by atoms with Gasteiger partial charge in [-0.1, -0.05) is 27.2 Å². The summed E-state index contributed by atoms with van der Waals surface area (Å²) in [6, 6.07) is 0.520. The fourth-order valence-corrected chi connectivity index (χ4v) is 11.6. The van der Waals surface area contributed by atoms with Gasteiger partial charge in [0.15, 0.2) is 5.79 Å². The third-order valence-corrected chi connectivity index (χ3v) is 13.5. The van der Waals surface area contributed by atoms with Crippen molar-refractivity contribution in [1.29, 1.82) is 0 Å². The first-order valence-corrected chi connectivity index (χ1v) is 14.8. The van der Waals surface area contributed by atoms with Crippen molar-refractivity contribution in [2.75, 3.05) is 13.2 Å². The van der Waals surface area contributed by atoms with Crippen molar-refractivity contribution in [1.82, 2.24) is 4.90 Å². The summed E-state index contributed by atoms with van der Waals surface area (Å²) in [7, 11) is 0. The number of aliphatic hydroxyl groups is 1. The largest absolute Gasteiger partial charge is 0.391 e. The Labute approximate surface area is 211 Å². The maximum Gasteiger partial charge on any atom is 0.166 e. The second-order valence-corrected chi connectivity index (χ2v) is 14.8. The number of piperidine rings is 2. The molecule has 5 saturated heterocycles. The van der Waals surface area contributed by atoms with Gasteiger partial charge in [-0.15, -0.1) is 0 Å². The number of carbonyl (C=O) groups excluding carboxylic acids is 1. The molecule has 1 N–H and O–H groups in total. The van der Waals surface area contributed by atoms with E-state index in [1.807, 2.05) is 6.92 Å². The lowest BCUT2D eigenvalue weighted by atomic mass is 9.42. The highest BCUT2D eigenvalue weighted by molar-refractivity contribution is 5.85. The topological polar surface area (TPSA) is 59.0 Å². The minimum Gasteiger partial charge on any atom is -0.391 e. The number of ether oxygens (including phenoxy) is 2. The van der Waals surface area contributed by atoms with Crippen molar-refractivity contribution in [3.05, 3.63) is 0 Å². The van der Waals surface area contributed by atoms with E-state index in [9.17, 15) is 9.90 Å². The van der Waals surface area contributed by atoms with Crippen molar-refractivity contribution in [3.8, 4) is 0 Å².